The number of hydrogen-bond acceptors (Lipinski definition) is 6. The van der Waals surface area contributed by atoms with Crippen molar-refractivity contribution in [1.29, 1.82) is 5.26 Å². The highest BCUT2D eigenvalue weighted by Crippen LogP contribution is 2.43. The van der Waals surface area contributed by atoms with Gasteiger partial charge in [-0.15, -0.1) is 0 Å². The quantitative estimate of drug-likeness (QED) is 0.680. The Kier molecular flexibility index (Phi) is 4.68. The Labute approximate surface area is 167 Å². The van der Waals surface area contributed by atoms with Crippen molar-refractivity contribution in [2.75, 3.05) is 5.32 Å². The van der Waals surface area contributed by atoms with Crippen LogP contribution in [-0.2, 0) is 6.61 Å². The summed E-state index contributed by atoms with van der Waals surface area (Å²) in [7, 11) is 0. The number of nitrogens with one attached hydrogen (secondary N) is 1. The number of aromatic nitrogens is 1. The van der Waals surface area contributed by atoms with Crippen LogP contribution in [0.5, 0.6) is 5.75 Å². The maximum absolute atomic E-state index is 9.71. The van der Waals surface area contributed by atoms with Gasteiger partial charge >= 0.3 is 0 Å². The molecule has 1 atom stereocenters. The van der Waals surface area contributed by atoms with Gasteiger partial charge in [-0.25, -0.2) is 4.98 Å². The monoisotopic (exact) mass is 392 g/mol. The lowest BCUT2D eigenvalue weighted by Gasteiger charge is -2.24. The standard InChI is InChI=1S/C21H17ClN4O2/c1-12-25-19-18(16(10-23)20(24)26-21(19)28-12)15-4-2-3-5-17(15)27-11-13-6-8-14(22)9-7-13/h2-9,18,26H,11,24H2,1H3/t18-/m0/s1. The number of oxazole rings is 1. The van der Waals surface area contributed by atoms with Crippen molar-refractivity contribution in [3.05, 3.63) is 87.7 Å². The van der Waals surface area contributed by atoms with Crippen LogP contribution in [0.4, 0.5) is 5.88 Å². The molecule has 1 aliphatic heterocycles. The molecular weight excluding hydrogens is 376 g/mol. The van der Waals surface area contributed by atoms with Gasteiger partial charge in [0.05, 0.1) is 17.6 Å². The summed E-state index contributed by atoms with van der Waals surface area (Å²) < 4.78 is 11.7. The van der Waals surface area contributed by atoms with Gasteiger partial charge in [0.2, 0.25) is 5.88 Å². The van der Waals surface area contributed by atoms with Crippen LogP contribution >= 0.6 is 11.6 Å². The third-order valence-corrected chi connectivity index (χ3v) is 4.77. The maximum atomic E-state index is 9.71. The fraction of sp³-hybridized carbons (Fsp3) is 0.143. The zero-order valence-electron chi connectivity index (χ0n) is 15.1. The van der Waals surface area contributed by atoms with E-state index in [0.717, 1.165) is 11.1 Å². The second-order valence-corrected chi connectivity index (χ2v) is 6.83. The number of para-hydroxylation sites is 1. The van der Waals surface area contributed by atoms with Crippen molar-refractivity contribution in [2.45, 2.75) is 19.4 Å². The number of fused-ring (bicyclic) bond motifs is 1. The zero-order chi connectivity index (χ0) is 19.7. The molecule has 6 nitrogen and oxygen atoms in total. The first-order chi connectivity index (χ1) is 13.6. The molecule has 0 spiro atoms. The highest BCUT2D eigenvalue weighted by atomic mass is 35.5. The van der Waals surface area contributed by atoms with E-state index >= 15 is 0 Å². The van der Waals surface area contributed by atoms with Gasteiger partial charge in [-0.05, 0) is 23.8 Å². The van der Waals surface area contributed by atoms with Gasteiger partial charge < -0.3 is 20.2 Å². The van der Waals surface area contributed by atoms with Gasteiger partial charge in [0, 0.05) is 17.5 Å². The molecule has 0 saturated heterocycles. The Morgan fingerprint density at radius 2 is 2.00 bits per heavy atom. The number of benzene rings is 2. The predicted octanol–water partition coefficient (Wildman–Crippen LogP) is 4.47. The number of anilines is 1. The molecule has 0 fully saturated rings. The lowest BCUT2D eigenvalue weighted by atomic mass is 9.86. The van der Waals surface area contributed by atoms with E-state index in [0.29, 0.717) is 40.4 Å². The number of ether oxygens (including phenoxy) is 1. The van der Waals surface area contributed by atoms with Crippen LogP contribution in [0.15, 0.2) is 64.3 Å². The van der Waals surface area contributed by atoms with E-state index in [1.54, 1.807) is 6.92 Å². The second kappa shape index (κ2) is 7.29. The molecule has 0 bridgehead atoms. The summed E-state index contributed by atoms with van der Waals surface area (Å²) >= 11 is 5.94. The Morgan fingerprint density at radius 1 is 1.25 bits per heavy atom. The lowest BCUT2D eigenvalue weighted by Crippen LogP contribution is -2.23. The van der Waals surface area contributed by atoms with Gasteiger partial charge in [0.15, 0.2) is 5.89 Å². The van der Waals surface area contributed by atoms with Gasteiger partial charge in [-0.1, -0.05) is 41.9 Å². The minimum atomic E-state index is -0.472. The topological polar surface area (TPSA) is 97.1 Å². The summed E-state index contributed by atoms with van der Waals surface area (Å²) in [5.41, 5.74) is 8.85. The third-order valence-electron chi connectivity index (χ3n) is 4.52. The Bertz CT molecular complexity index is 1100. The summed E-state index contributed by atoms with van der Waals surface area (Å²) in [6.07, 6.45) is 0. The van der Waals surface area contributed by atoms with E-state index in [-0.39, 0.29) is 5.82 Å². The Morgan fingerprint density at radius 3 is 2.75 bits per heavy atom. The molecule has 4 rings (SSSR count). The van der Waals surface area contributed by atoms with Gasteiger partial charge in [0.1, 0.15) is 23.9 Å². The second-order valence-electron chi connectivity index (χ2n) is 6.40. The van der Waals surface area contributed by atoms with Crippen molar-refractivity contribution >= 4 is 17.5 Å². The average Bonchev–Trinajstić information content (AvgIpc) is 3.06. The van der Waals surface area contributed by atoms with Crippen LogP contribution in [0.25, 0.3) is 0 Å². The molecule has 2 aromatic carbocycles. The first-order valence-corrected chi connectivity index (χ1v) is 9.05. The number of aryl methyl sites for hydroxylation is 1. The largest absolute Gasteiger partial charge is 0.489 e. The van der Waals surface area contributed by atoms with E-state index < -0.39 is 5.92 Å². The minimum absolute atomic E-state index is 0.253. The normalized spacial score (nSPS) is 15.5. The summed E-state index contributed by atoms with van der Waals surface area (Å²) in [5, 5.41) is 13.3. The van der Waals surface area contributed by atoms with Crippen LogP contribution in [0.3, 0.4) is 0 Å². The van der Waals surface area contributed by atoms with Gasteiger partial charge in [-0.2, -0.15) is 5.26 Å². The molecule has 0 amide bonds. The average molecular weight is 393 g/mol. The van der Waals surface area contributed by atoms with E-state index in [9.17, 15) is 5.26 Å². The summed E-state index contributed by atoms with van der Waals surface area (Å²) in [4.78, 5) is 4.47. The molecule has 0 saturated carbocycles. The molecule has 7 heteroatoms. The number of rotatable bonds is 4. The fourth-order valence-corrected chi connectivity index (χ4v) is 3.36. The van der Waals surface area contributed by atoms with Crippen LogP contribution in [0.2, 0.25) is 5.02 Å². The van der Waals surface area contributed by atoms with Crippen molar-refractivity contribution < 1.29 is 9.15 Å². The van der Waals surface area contributed by atoms with E-state index in [1.165, 1.54) is 0 Å². The molecule has 2 heterocycles. The van der Waals surface area contributed by atoms with Crippen LogP contribution < -0.4 is 15.8 Å². The predicted molar refractivity (Wildman–Crippen MR) is 106 cm³/mol. The molecule has 28 heavy (non-hydrogen) atoms. The molecule has 0 unspecified atom stereocenters. The van der Waals surface area contributed by atoms with Crippen molar-refractivity contribution in [1.82, 2.24) is 4.98 Å². The molecule has 1 aromatic heterocycles. The first-order valence-electron chi connectivity index (χ1n) is 8.67. The Balaban J connectivity index is 1.73. The SMILES string of the molecule is Cc1nc2c(o1)NC(N)=C(C#N)[C@@H]2c1ccccc1OCc1ccc(Cl)cc1. The molecule has 140 valence electrons. The highest BCUT2D eigenvalue weighted by molar-refractivity contribution is 6.30. The van der Waals surface area contributed by atoms with E-state index in [4.69, 9.17) is 26.5 Å². The van der Waals surface area contributed by atoms with Crippen molar-refractivity contribution in [3.8, 4) is 11.8 Å². The van der Waals surface area contributed by atoms with Crippen LogP contribution in [0, 0.1) is 18.3 Å². The van der Waals surface area contributed by atoms with Crippen LogP contribution in [0.1, 0.15) is 28.6 Å². The summed E-state index contributed by atoms with van der Waals surface area (Å²) in [5.74, 6) is 1.38. The highest BCUT2D eigenvalue weighted by Gasteiger charge is 2.34. The fourth-order valence-electron chi connectivity index (χ4n) is 3.23. The minimum Gasteiger partial charge on any atom is -0.489 e. The lowest BCUT2D eigenvalue weighted by molar-refractivity contribution is 0.302. The molecule has 0 aliphatic carbocycles. The number of nitrogens with two attached hydrogens (primary N) is 1. The summed E-state index contributed by atoms with van der Waals surface area (Å²) in [6, 6.07) is 17.2. The van der Waals surface area contributed by atoms with E-state index in [1.807, 2.05) is 48.5 Å². The van der Waals surface area contributed by atoms with Crippen LogP contribution in [-0.4, -0.2) is 4.98 Å². The molecular formula is C21H17ClN4O2. The zero-order valence-corrected chi connectivity index (χ0v) is 15.8. The van der Waals surface area contributed by atoms with Gasteiger partial charge in [-0.3, -0.25) is 0 Å². The van der Waals surface area contributed by atoms with E-state index in [2.05, 4.69) is 16.4 Å². The number of nitrogens with zero attached hydrogens (tertiary/aromatic N) is 2. The molecule has 0 radical (unpaired) electrons. The summed E-state index contributed by atoms with van der Waals surface area (Å²) in [6.45, 7) is 2.12. The number of allylic oxidation sites excluding steroid dienone is 1. The van der Waals surface area contributed by atoms with Crippen molar-refractivity contribution in [2.24, 2.45) is 5.73 Å². The number of nitriles is 1. The first kappa shape index (κ1) is 18.0. The van der Waals surface area contributed by atoms with Crippen molar-refractivity contribution in [3.63, 3.8) is 0 Å². The smallest absolute Gasteiger partial charge is 0.223 e. The molecule has 3 N–H and O–H groups in total. The molecule has 3 aromatic rings. The maximum Gasteiger partial charge on any atom is 0.223 e. The Hall–Kier alpha value is -3.43. The number of hydrogen-bond donors (Lipinski definition) is 2. The molecule has 1 aliphatic rings. The number of halogens is 1. The van der Waals surface area contributed by atoms with Gasteiger partial charge in [0.25, 0.3) is 0 Å². The third kappa shape index (κ3) is 3.28.